The average molecular weight is 730 g/mol. The van der Waals surface area contributed by atoms with Crippen molar-refractivity contribution in [1.82, 2.24) is 16.0 Å². The van der Waals surface area contributed by atoms with Crippen LogP contribution in [0.5, 0.6) is 0 Å². The van der Waals surface area contributed by atoms with E-state index in [0.29, 0.717) is 29.5 Å². The van der Waals surface area contributed by atoms with Gasteiger partial charge in [0.25, 0.3) is 17.7 Å². The highest BCUT2D eigenvalue weighted by Gasteiger charge is 2.21. The number of carbonyl (C=O) groups excluding carboxylic acids is 6. The lowest BCUT2D eigenvalue weighted by molar-refractivity contribution is -0.143. The molecule has 0 fully saturated rings. The SMILES string of the molecule is C=C/C=C(\NC(=O)c1ccccc1)C(=O)OC.C=CC[C@H](NC(=O)c1ccccc1)C(=O)OC.CC.CCC[C@H](NC(=O)c1ccccc1)C(=O)OC. The Bertz CT molecular complexity index is 1610. The van der Waals surface area contributed by atoms with Crippen molar-refractivity contribution in [1.29, 1.82) is 0 Å². The molecule has 3 aromatic rings. The van der Waals surface area contributed by atoms with Crippen LogP contribution >= 0.6 is 0 Å². The van der Waals surface area contributed by atoms with Crippen LogP contribution < -0.4 is 16.0 Å². The van der Waals surface area contributed by atoms with Gasteiger partial charge in [-0.1, -0.05) is 101 Å². The quantitative estimate of drug-likeness (QED) is 0.0595. The first-order chi connectivity index (χ1) is 25.6. The van der Waals surface area contributed by atoms with E-state index in [1.807, 2.05) is 32.9 Å². The standard InChI is InChI=1S/C13H17NO3.C13H15NO3.C13H13NO3.C2H6/c3*1-3-7-11(13(16)17-2)14-12(15)10-8-5-4-6-9-10;1-2/h4-6,8-9,11H,3,7H2,1-2H3,(H,14,15);3-6,8-9,11H,1,7H2,2H3,(H,14,15);3-9H,1H2,2H3,(H,14,15);1-2H3/b;;11-7-;/t2*11-;;/m00../s1. The number of benzene rings is 3. The predicted octanol–water partition coefficient (Wildman–Crippen LogP) is 5.98. The lowest BCUT2D eigenvalue weighted by Crippen LogP contribution is -2.41. The molecule has 12 nitrogen and oxygen atoms in total. The number of carbonyl (C=O) groups is 6. The molecule has 3 rings (SSSR count). The van der Waals surface area contributed by atoms with Crippen molar-refractivity contribution >= 4 is 35.6 Å². The molecule has 284 valence electrons. The summed E-state index contributed by atoms with van der Waals surface area (Å²) < 4.78 is 13.8. The Morgan fingerprint density at radius 1 is 0.623 bits per heavy atom. The summed E-state index contributed by atoms with van der Waals surface area (Å²) in [5, 5.41) is 7.73. The van der Waals surface area contributed by atoms with Crippen LogP contribution in [0.2, 0.25) is 0 Å². The Kier molecular flexibility index (Phi) is 25.0. The zero-order chi connectivity index (χ0) is 40.0. The second-order valence-corrected chi connectivity index (χ2v) is 10.3. The van der Waals surface area contributed by atoms with Crippen LogP contribution in [0.15, 0.2) is 128 Å². The van der Waals surface area contributed by atoms with E-state index < -0.39 is 30.0 Å². The number of esters is 3. The molecule has 0 radical (unpaired) electrons. The van der Waals surface area contributed by atoms with Gasteiger partial charge < -0.3 is 30.2 Å². The molecule has 0 bridgehead atoms. The molecule has 0 saturated carbocycles. The summed E-state index contributed by atoms with van der Waals surface area (Å²) in [6.45, 7) is 12.9. The van der Waals surface area contributed by atoms with Gasteiger partial charge in [0, 0.05) is 16.7 Å². The third kappa shape index (κ3) is 18.5. The molecule has 0 saturated heterocycles. The zero-order valence-electron chi connectivity index (χ0n) is 31.3. The van der Waals surface area contributed by atoms with Crippen LogP contribution in [0.4, 0.5) is 0 Å². The minimum atomic E-state index is -0.690. The van der Waals surface area contributed by atoms with E-state index in [1.54, 1.807) is 84.9 Å². The third-order valence-corrected chi connectivity index (χ3v) is 6.61. The summed E-state index contributed by atoms with van der Waals surface area (Å²) in [4.78, 5) is 69.5. The van der Waals surface area contributed by atoms with Gasteiger partial charge in [0.2, 0.25) is 0 Å². The number of allylic oxidation sites excluding steroid dienone is 2. The Hall–Kier alpha value is -6.30. The molecule has 0 heterocycles. The van der Waals surface area contributed by atoms with Crippen molar-refractivity contribution in [3.63, 3.8) is 0 Å². The van der Waals surface area contributed by atoms with Crippen LogP contribution in [0.25, 0.3) is 0 Å². The van der Waals surface area contributed by atoms with Gasteiger partial charge >= 0.3 is 17.9 Å². The van der Waals surface area contributed by atoms with Crippen molar-refractivity contribution < 1.29 is 43.0 Å². The van der Waals surface area contributed by atoms with E-state index >= 15 is 0 Å². The van der Waals surface area contributed by atoms with Crippen molar-refractivity contribution in [2.75, 3.05) is 21.3 Å². The number of methoxy groups -OCH3 is 3. The highest BCUT2D eigenvalue weighted by atomic mass is 16.5. The van der Waals surface area contributed by atoms with Crippen LogP contribution in [0, 0.1) is 0 Å². The van der Waals surface area contributed by atoms with Gasteiger partial charge in [0.15, 0.2) is 0 Å². The van der Waals surface area contributed by atoms with Gasteiger partial charge in [0.1, 0.15) is 17.8 Å². The molecule has 0 unspecified atom stereocenters. The molecule has 3 aromatic carbocycles. The van der Waals surface area contributed by atoms with Crippen molar-refractivity contribution in [2.24, 2.45) is 0 Å². The summed E-state index contributed by atoms with van der Waals surface area (Å²) in [5.74, 6) is -2.43. The average Bonchev–Trinajstić information content (AvgIpc) is 3.21. The molecule has 0 aliphatic rings. The molecular weight excluding hydrogens is 678 g/mol. The molecule has 0 aliphatic carbocycles. The summed E-state index contributed by atoms with van der Waals surface area (Å²) in [7, 11) is 3.85. The first-order valence-corrected chi connectivity index (χ1v) is 16.8. The van der Waals surface area contributed by atoms with E-state index in [9.17, 15) is 28.8 Å². The monoisotopic (exact) mass is 729 g/mol. The van der Waals surface area contributed by atoms with E-state index in [2.05, 4.69) is 43.3 Å². The Labute approximate surface area is 312 Å². The fourth-order valence-electron chi connectivity index (χ4n) is 4.04. The second-order valence-electron chi connectivity index (χ2n) is 10.3. The smallest absolute Gasteiger partial charge is 0.354 e. The molecule has 3 N–H and O–H groups in total. The Balaban J connectivity index is 0.000000747. The van der Waals surface area contributed by atoms with E-state index in [4.69, 9.17) is 0 Å². The van der Waals surface area contributed by atoms with Gasteiger partial charge in [-0.05, 0) is 55.3 Å². The lowest BCUT2D eigenvalue weighted by atomic mass is 10.1. The van der Waals surface area contributed by atoms with Crippen molar-refractivity contribution in [3.05, 3.63) is 145 Å². The number of nitrogens with one attached hydrogen (secondary N) is 3. The highest BCUT2D eigenvalue weighted by Crippen LogP contribution is 2.05. The van der Waals surface area contributed by atoms with E-state index in [-0.39, 0.29) is 23.4 Å². The molecule has 0 spiro atoms. The maximum Gasteiger partial charge on any atom is 0.354 e. The molecular formula is C41H51N3O9. The van der Waals surface area contributed by atoms with Crippen LogP contribution in [-0.2, 0) is 28.6 Å². The number of ether oxygens (including phenoxy) is 3. The van der Waals surface area contributed by atoms with E-state index in [1.165, 1.54) is 33.5 Å². The summed E-state index contributed by atoms with van der Waals surface area (Å²) in [6.07, 6.45) is 6.06. The topological polar surface area (TPSA) is 166 Å². The largest absolute Gasteiger partial charge is 0.467 e. The summed E-state index contributed by atoms with van der Waals surface area (Å²) in [6, 6.07) is 24.8. The first-order valence-electron chi connectivity index (χ1n) is 16.8. The number of hydrogen-bond acceptors (Lipinski definition) is 9. The summed E-state index contributed by atoms with van der Waals surface area (Å²) >= 11 is 0. The van der Waals surface area contributed by atoms with Crippen molar-refractivity contribution in [3.8, 4) is 0 Å². The normalized spacial score (nSPS) is 10.9. The Morgan fingerprint density at radius 2 is 1.02 bits per heavy atom. The highest BCUT2D eigenvalue weighted by molar-refractivity contribution is 6.01. The molecule has 0 aromatic heterocycles. The van der Waals surface area contributed by atoms with Crippen molar-refractivity contribution in [2.45, 2.75) is 52.1 Å². The number of amides is 3. The minimum absolute atomic E-state index is 0.0522. The number of hydrogen-bond donors (Lipinski definition) is 3. The molecule has 0 aliphatic heterocycles. The fraction of sp³-hybridized carbons (Fsp3) is 0.268. The van der Waals surface area contributed by atoms with Crippen LogP contribution in [0.1, 0.15) is 71.1 Å². The van der Waals surface area contributed by atoms with Crippen LogP contribution in [0.3, 0.4) is 0 Å². The molecule has 2 atom stereocenters. The van der Waals surface area contributed by atoms with Gasteiger partial charge in [-0.25, -0.2) is 14.4 Å². The fourth-order valence-corrected chi connectivity index (χ4v) is 4.04. The predicted molar refractivity (Wildman–Crippen MR) is 205 cm³/mol. The minimum Gasteiger partial charge on any atom is -0.467 e. The molecule has 12 heteroatoms. The first kappa shape index (κ1) is 46.7. The molecule has 53 heavy (non-hydrogen) atoms. The lowest BCUT2D eigenvalue weighted by Gasteiger charge is -2.15. The van der Waals surface area contributed by atoms with Gasteiger partial charge in [0.05, 0.1) is 21.3 Å². The maximum atomic E-state index is 11.8. The third-order valence-electron chi connectivity index (χ3n) is 6.61. The molecule has 3 amide bonds. The summed E-state index contributed by atoms with van der Waals surface area (Å²) in [5.41, 5.74) is 1.56. The van der Waals surface area contributed by atoms with Gasteiger partial charge in [-0.2, -0.15) is 0 Å². The maximum absolute atomic E-state index is 11.8. The second kappa shape index (κ2) is 28.4. The van der Waals surface area contributed by atoms with E-state index in [0.717, 1.165) is 6.42 Å². The van der Waals surface area contributed by atoms with Crippen LogP contribution in [-0.4, -0.2) is 69.0 Å². The van der Waals surface area contributed by atoms with Gasteiger partial charge in [-0.3, -0.25) is 14.4 Å². The van der Waals surface area contributed by atoms with Gasteiger partial charge in [-0.15, -0.1) is 6.58 Å². The zero-order valence-corrected chi connectivity index (χ0v) is 31.3. The number of rotatable bonds is 14. The Morgan fingerprint density at radius 3 is 1.38 bits per heavy atom.